The van der Waals surface area contributed by atoms with Crippen molar-refractivity contribution in [2.75, 3.05) is 5.73 Å². The molecule has 7 nitrogen and oxygen atoms in total. The standard InChI is InChI=1S/C12H9N5O2/c13-11-10-12(15-6-14-11)17(7-16-10)4-3-8(18)9-2-1-5-19-9/h1-7H,(H2,13,14,15)/b4-3+. The molecule has 0 aliphatic rings. The van der Waals surface area contributed by atoms with Crippen molar-refractivity contribution in [3.05, 3.63) is 42.9 Å². The normalized spacial score (nSPS) is 11.4. The summed E-state index contributed by atoms with van der Waals surface area (Å²) < 4.78 is 6.59. The molecule has 19 heavy (non-hydrogen) atoms. The lowest BCUT2D eigenvalue weighted by molar-refractivity contribution is 0.102. The fourth-order valence-electron chi connectivity index (χ4n) is 1.63. The van der Waals surface area contributed by atoms with Gasteiger partial charge in [-0.1, -0.05) is 0 Å². The molecule has 0 fully saturated rings. The largest absolute Gasteiger partial charge is 0.461 e. The maximum absolute atomic E-state index is 11.7. The van der Waals surface area contributed by atoms with E-state index in [1.54, 1.807) is 22.9 Å². The Balaban J connectivity index is 1.94. The molecule has 0 aliphatic carbocycles. The molecule has 0 aromatic carbocycles. The third-order valence-corrected chi connectivity index (χ3v) is 2.54. The third-order valence-electron chi connectivity index (χ3n) is 2.54. The van der Waals surface area contributed by atoms with Gasteiger partial charge in [-0.15, -0.1) is 0 Å². The van der Waals surface area contributed by atoms with E-state index >= 15 is 0 Å². The summed E-state index contributed by atoms with van der Waals surface area (Å²) in [7, 11) is 0. The third kappa shape index (κ3) is 1.97. The molecule has 7 heteroatoms. The minimum Gasteiger partial charge on any atom is -0.461 e. The first-order valence-electron chi connectivity index (χ1n) is 5.45. The molecular formula is C12H9N5O2. The Hall–Kier alpha value is -2.96. The molecule has 0 saturated heterocycles. The highest BCUT2D eigenvalue weighted by Gasteiger charge is 2.07. The maximum Gasteiger partial charge on any atom is 0.222 e. The number of nitrogen functional groups attached to an aromatic ring is 1. The van der Waals surface area contributed by atoms with Crippen molar-refractivity contribution in [2.24, 2.45) is 0 Å². The lowest BCUT2D eigenvalue weighted by Gasteiger charge is -1.95. The van der Waals surface area contributed by atoms with Crippen LogP contribution in [0.4, 0.5) is 5.82 Å². The molecule has 3 rings (SSSR count). The number of rotatable bonds is 3. The lowest BCUT2D eigenvalue weighted by Crippen LogP contribution is -1.95. The minimum absolute atomic E-state index is 0.242. The van der Waals surface area contributed by atoms with E-state index in [1.165, 1.54) is 25.0 Å². The van der Waals surface area contributed by atoms with Crippen molar-refractivity contribution in [2.45, 2.75) is 0 Å². The van der Waals surface area contributed by atoms with Crippen LogP contribution in [0.1, 0.15) is 10.6 Å². The molecule has 94 valence electrons. The number of aromatic nitrogens is 4. The first kappa shape index (κ1) is 11.1. The van der Waals surface area contributed by atoms with Crippen LogP contribution in [-0.4, -0.2) is 25.3 Å². The smallest absolute Gasteiger partial charge is 0.222 e. The van der Waals surface area contributed by atoms with Crippen LogP contribution >= 0.6 is 0 Å². The predicted molar refractivity (Wildman–Crippen MR) is 68.1 cm³/mol. The molecule has 3 aromatic rings. The number of allylic oxidation sites excluding steroid dienone is 1. The van der Waals surface area contributed by atoms with Gasteiger partial charge in [0, 0.05) is 12.3 Å². The Kier molecular flexibility index (Phi) is 2.57. The molecule has 0 spiro atoms. The molecule has 0 radical (unpaired) electrons. The zero-order valence-corrected chi connectivity index (χ0v) is 9.72. The van der Waals surface area contributed by atoms with Gasteiger partial charge in [-0.2, -0.15) is 0 Å². The fourth-order valence-corrected chi connectivity index (χ4v) is 1.63. The molecule has 0 atom stereocenters. The van der Waals surface area contributed by atoms with E-state index < -0.39 is 0 Å². The fraction of sp³-hybridized carbons (Fsp3) is 0. The number of ketones is 1. The van der Waals surface area contributed by atoms with E-state index in [-0.39, 0.29) is 11.5 Å². The second-order valence-electron chi connectivity index (χ2n) is 3.74. The van der Waals surface area contributed by atoms with Crippen LogP contribution in [0.5, 0.6) is 0 Å². The van der Waals surface area contributed by atoms with Gasteiger partial charge < -0.3 is 10.2 Å². The van der Waals surface area contributed by atoms with Gasteiger partial charge >= 0.3 is 0 Å². The summed E-state index contributed by atoms with van der Waals surface area (Å²) in [6.45, 7) is 0. The van der Waals surface area contributed by atoms with Crippen LogP contribution in [0.3, 0.4) is 0 Å². The van der Waals surface area contributed by atoms with Crippen molar-refractivity contribution in [3.63, 3.8) is 0 Å². The molecule has 0 bridgehead atoms. The summed E-state index contributed by atoms with van der Waals surface area (Å²) in [4.78, 5) is 23.7. The van der Waals surface area contributed by atoms with E-state index in [1.807, 2.05) is 0 Å². The quantitative estimate of drug-likeness (QED) is 0.560. The number of carbonyl (C=O) groups is 1. The highest BCUT2D eigenvalue weighted by Crippen LogP contribution is 2.14. The summed E-state index contributed by atoms with van der Waals surface area (Å²) >= 11 is 0. The van der Waals surface area contributed by atoms with Crippen LogP contribution < -0.4 is 5.73 Å². The van der Waals surface area contributed by atoms with Crippen molar-refractivity contribution < 1.29 is 9.21 Å². The average Bonchev–Trinajstić information content (AvgIpc) is 3.06. The molecule has 2 N–H and O–H groups in total. The Bertz CT molecular complexity index is 758. The molecule has 0 unspecified atom stereocenters. The molecule has 0 aliphatic heterocycles. The van der Waals surface area contributed by atoms with Gasteiger partial charge in [0.1, 0.15) is 12.7 Å². The van der Waals surface area contributed by atoms with Crippen molar-refractivity contribution in [3.8, 4) is 0 Å². The van der Waals surface area contributed by atoms with Crippen LogP contribution in [0.15, 0.2) is 41.5 Å². The minimum atomic E-state index is -0.242. The van der Waals surface area contributed by atoms with Crippen LogP contribution in [-0.2, 0) is 0 Å². The second kappa shape index (κ2) is 4.37. The molecule has 3 aromatic heterocycles. The monoisotopic (exact) mass is 255 g/mol. The molecular weight excluding hydrogens is 246 g/mol. The zero-order valence-electron chi connectivity index (χ0n) is 9.72. The van der Waals surface area contributed by atoms with Gasteiger partial charge in [-0.05, 0) is 12.1 Å². The first-order chi connectivity index (χ1) is 9.25. The van der Waals surface area contributed by atoms with E-state index in [0.717, 1.165) is 0 Å². The van der Waals surface area contributed by atoms with E-state index in [9.17, 15) is 4.79 Å². The van der Waals surface area contributed by atoms with Crippen molar-refractivity contribution in [1.29, 1.82) is 0 Å². The van der Waals surface area contributed by atoms with Crippen LogP contribution in [0, 0.1) is 0 Å². The van der Waals surface area contributed by atoms with Crippen LogP contribution in [0.2, 0.25) is 0 Å². The van der Waals surface area contributed by atoms with Gasteiger partial charge in [0.25, 0.3) is 0 Å². The number of carbonyl (C=O) groups excluding carboxylic acids is 1. The van der Waals surface area contributed by atoms with Crippen molar-refractivity contribution >= 4 is 29.0 Å². The lowest BCUT2D eigenvalue weighted by atomic mass is 10.3. The van der Waals surface area contributed by atoms with Gasteiger partial charge in [0.05, 0.1) is 6.26 Å². The number of fused-ring (bicyclic) bond motifs is 1. The average molecular weight is 255 g/mol. The van der Waals surface area contributed by atoms with Crippen LogP contribution in [0.25, 0.3) is 17.4 Å². The Morgan fingerprint density at radius 2 is 2.26 bits per heavy atom. The summed E-state index contributed by atoms with van der Waals surface area (Å²) in [5, 5.41) is 0. The highest BCUT2D eigenvalue weighted by atomic mass is 16.3. The second-order valence-corrected chi connectivity index (χ2v) is 3.74. The van der Waals surface area contributed by atoms with Gasteiger partial charge in [-0.3, -0.25) is 9.36 Å². The maximum atomic E-state index is 11.7. The topological polar surface area (TPSA) is 99.8 Å². The summed E-state index contributed by atoms with van der Waals surface area (Å²) in [6.07, 6.45) is 7.23. The Morgan fingerprint density at radius 3 is 3.05 bits per heavy atom. The number of imidazole rings is 1. The number of hydrogen-bond acceptors (Lipinski definition) is 6. The van der Waals surface area contributed by atoms with Gasteiger partial charge in [0.2, 0.25) is 5.78 Å². The zero-order chi connectivity index (χ0) is 13.2. The Labute approximate surface area is 107 Å². The summed E-state index contributed by atoms with van der Waals surface area (Å²) in [5.74, 6) is 0.332. The van der Waals surface area contributed by atoms with E-state index in [2.05, 4.69) is 15.0 Å². The summed E-state index contributed by atoms with van der Waals surface area (Å²) in [6, 6.07) is 3.25. The SMILES string of the molecule is Nc1ncnc2c1ncn2/C=C/C(=O)c1ccco1. The predicted octanol–water partition coefficient (Wildman–Crippen LogP) is 1.36. The number of nitrogens with zero attached hydrogens (tertiary/aromatic N) is 4. The number of anilines is 1. The number of nitrogens with two attached hydrogens (primary N) is 1. The highest BCUT2D eigenvalue weighted by molar-refractivity contribution is 6.04. The van der Waals surface area contributed by atoms with Gasteiger partial charge in [-0.25, -0.2) is 15.0 Å². The van der Waals surface area contributed by atoms with Crippen molar-refractivity contribution in [1.82, 2.24) is 19.5 Å². The first-order valence-corrected chi connectivity index (χ1v) is 5.45. The molecule has 0 saturated carbocycles. The van der Waals surface area contributed by atoms with E-state index in [0.29, 0.717) is 17.0 Å². The molecule has 0 amide bonds. The Morgan fingerprint density at radius 1 is 1.37 bits per heavy atom. The molecule has 3 heterocycles. The number of hydrogen-bond donors (Lipinski definition) is 1. The summed E-state index contributed by atoms with van der Waals surface area (Å²) in [5.41, 5.74) is 6.71. The van der Waals surface area contributed by atoms with E-state index in [4.69, 9.17) is 10.2 Å². The number of furan rings is 1. The van der Waals surface area contributed by atoms with Gasteiger partial charge in [0.15, 0.2) is 22.7 Å².